The van der Waals surface area contributed by atoms with E-state index in [4.69, 9.17) is 0 Å². The van der Waals surface area contributed by atoms with Gasteiger partial charge in [0.1, 0.15) is 10.3 Å². The minimum absolute atomic E-state index is 0.0988. The molecule has 1 aromatic rings. The molecule has 17 heavy (non-hydrogen) atoms. The molecule has 1 saturated heterocycles. The smallest absolute Gasteiger partial charge is 0.307 e. The van der Waals surface area contributed by atoms with Crippen LogP contribution in [0.25, 0.3) is 0 Å². The highest BCUT2D eigenvalue weighted by molar-refractivity contribution is 7.87. The van der Waals surface area contributed by atoms with Crippen molar-refractivity contribution in [3.8, 4) is 0 Å². The molecule has 0 N–H and O–H groups in total. The molecule has 1 aliphatic rings. The number of carbonyl (C=O) groups is 1. The molecular formula is C9H11FN2O3S2. The molecule has 0 spiro atoms. The molecule has 2 unspecified atom stereocenters. The van der Waals surface area contributed by atoms with Crippen molar-refractivity contribution >= 4 is 27.5 Å². The van der Waals surface area contributed by atoms with E-state index in [9.17, 15) is 17.1 Å². The number of hydrogen-bond donors (Lipinski definition) is 0. The van der Waals surface area contributed by atoms with Crippen molar-refractivity contribution in [1.29, 1.82) is 0 Å². The van der Waals surface area contributed by atoms with E-state index in [0.29, 0.717) is 0 Å². The summed E-state index contributed by atoms with van der Waals surface area (Å²) in [5.41, 5.74) is 0. The zero-order valence-electron chi connectivity index (χ0n) is 9.04. The predicted molar refractivity (Wildman–Crippen MR) is 60.7 cm³/mol. The van der Waals surface area contributed by atoms with Crippen LogP contribution in [-0.4, -0.2) is 36.0 Å². The summed E-state index contributed by atoms with van der Waals surface area (Å²) in [6, 6.07) is -0.311. The first-order chi connectivity index (χ1) is 7.89. The van der Waals surface area contributed by atoms with Gasteiger partial charge in [0.2, 0.25) is 5.91 Å². The minimum Gasteiger partial charge on any atom is -0.332 e. The molecule has 94 valence electrons. The second-order valence-electron chi connectivity index (χ2n) is 3.89. The van der Waals surface area contributed by atoms with E-state index in [1.54, 1.807) is 18.5 Å². The Labute approximate surface area is 102 Å². The van der Waals surface area contributed by atoms with Gasteiger partial charge in [-0.2, -0.15) is 8.42 Å². The van der Waals surface area contributed by atoms with Crippen LogP contribution in [0.5, 0.6) is 0 Å². The van der Waals surface area contributed by atoms with E-state index in [0.717, 1.165) is 5.01 Å². The number of likely N-dealkylation sites (tertiary alicyclic amines) is 1. The van der Waals surface area contributed by atoms with E-state index in [1.165, 1.54) is 16.2 Å². The molecule has 0 aliphatic carbocycles. The van der Waals surface area contributed by atoms with Gasteiger partial charge in [-0.15, -0.1) is 15.2 Å². The fourth-order valence-electron chi connectivity index (χ4n) is 1.83. The summed E-state index contributed by atoms with van der Waals surface area (Å²) in [6.07, 6.45) is 1.33. The Morgan fingerprint density at radius 2 is 2.35 bits per heavy atom. The molecular weight excluding hydrogens is 267 g/mol. The lowest BCUT2D eigenvalue weighted by Gasteiger charge is -2.22. The topological polar surface area (TPSA) is 67.3 Å². The second kappa shape index (κ2) is 4.34. The quantitative estimate of drug-likeness (QED) is 0.777. The van der Waals surface area contributed by atoms with E-state index in [1.807, 2.05) is 0 Å². The fourth-order valence-corrected chi connectivity index (χ4v) is 3.22. The molecule has 1 fully saturated rings. The first kappa shape index (κ1) is 12.4. The lowest BCUT2D eigenvalue weighted by Crippen LogP contribution is -2.30. The maximum Gasteiger partial charge on any atom is 0.307 e. The summed E-state index contributed by atoms with van der Waals surface area (Å²) < 4.78 is 34.4. The van der Waals surface area contributed by atoms with Gasteiger partial charge in [-0.25, -0.2) is 4.98 Å². The molecule has 0 aromatic carbocycles. The largest absolute Gasteiger partial charge is 0.332 e. The molecule has 1 aliphatic heterocycles. The first-order valence-corrected chi connectivity index (χ1v) is 7.34. The second-order valence-corrected chi connectivity index (χ2v) is 6.44. The maximum absolute atomic E-state index is 12.8. The van der Waals surface area contributed by atoms with Crippen LogP contribution < -0.4 is 0 Å². The van der Waals surface area contributed by atoms with Crippen LogP contribution in [0.4, 0.5) is 3.89 Å². The van der Waals surface area contributed by atoms with Crippen LogP contribution >= 0.6 is 11.3 Å². The Morgan fingerprint density at radius 3 is 2.82 bits per heavy atom. The predicted octanol–water partition coefficient (Wildman–Crippen LogP) is 1.10. The molecule has 0 saturated carbocycles. The van der Waals surface area contributed by atoms with Crippen molar-refractivity contribution in [3.05, 3.63) is 16.6 Å². The Morgan fingerprint density at radius 1 is 1.65 bits per heavy atom. The van der Waals surface area contributed by atoms with Crippen LogP contribution in [0.1, 0.15) is 24.4 Å². The van der Waals surface area contributed by atoms with Gasteiger partial charge in [0.05, 0.1) is 6.04 Å². The van der Waals surface area contributed by atoms with Crippen molar-refractivity contribution in [2.75, 3.05) is 6.54 Å². The lowest BCUT2D eigenvalue weighted by atomic mass is 10.3. The Balaban J connectivity index is 2.16. The zero-order chi connectivity index (χ0) is 12.6. The van der Waals surface area contributed by atoms with Crippen LogP contribution in [-0.2, 0) is 15.0 Å². The number of thiazole rings is 1. The van der Waals surface area contributed by atoms with E-state index >= 15 is 0 Å². The Bertz CT molecular complexity index is 514. The highest BCUT2D eigenvalue weighted by Gasteiger charge is 2.40. The van der Waals surface area contributed by atoms with E-state index in [-0.39, 0.29) is 24.9 Å². The fraction of sp³-hybridized carbons (Fsp3) is 0.556. The van der Waals surface area contributed by atoms with Crippen LogP contribution in [0.2, 0.25) is 0 Å². The maximum atomic E-state index is 12.8. The van der Waals surface area contributed by atoms with Crippen LogP contribution in [0.15, 0.2) is 11.6 Å². The van der Waals surface area contributed by atoms with Crippen molar-refractivity contribution in [1.82, 2.24) is 9.88 Å². The van der Waals surface area contributed by atoms with Gasteiger partial charge < -0.3 is 4.90 Å². The van der Waals surface area contributed by atoms with Gasteiger partial charge in [-0.05, 0) is 6.92 Å². The highest BCUT2D eigenvalue weighted by atomic mass is 32.3. The summed E-state index contributed by atoms with van der Waals surface area (Å²) in [6.45, 7) is 1.66. The average Bonchev–Trinajstić information content (AvgIpc) is 2.83. The average molecular weight is 278 g/mol. The summed E-state index contributed by atoms with van der Waals surface area (Å²) in [5, 5.41) is 1.25. The third-order valence-corrected chi connectivity index (χ3v) is 4.86. The number of nitrogens with zero attached hydrogens (tertiary/aromatic N) is 2. The SMILES string of the molecule is CC(c1nccs1)N1CC(S(=O)(=O)F)CC1=O. The standard InChI is InChI=1S/C9H11FN2O3S2/c1-6(9-11-2-3-16-9)12-5-7(4-8(12)13)17(10,14)15/h2-3,6-7H,4-5H2,1H3. The van der Waals surface area contributed by atoms with Gasteiger partial charge in [-0.3, -0.25) is 4.79 Å². The van der Waals surface area contributed by atoms with Crippen LogP contribution in [0.3, 0.4) is 0 Å². The summed E-state index contributed by atoms with van der Waals surface area (Å²) >= 11 is 1.38. The molecule has 0 bridgehead atoms. The molecule has 5 nitrogen and oxygen atoms in total. The first-order valence-electron chi connectivity index (χ1n) is 5.02. The molecule has 2 rings (SSSR count). The number of aromatic nitrogens is 1. The van der Waals surface area contributed by atoms with Crippen LogP contribution in [0, 0.1) is 0 Å². The van der Waals surface area contributed by atoms with Crippen molar-refractivity contribution in [3.63, 3.8) is 0 Å². The van der Waals surface area contributed by atoms with Gasteiger partial charge in [0, 0.05) is 24.5 Å². The van der Waals surface area contributed by atoms with Crippen molar-refractivity contribution < 1.29 is 17.1 Å². The monoisotopic (exact) mass is 278 g/mol. The third kappa shape index (κ3) is 2.47. The summed E-state index contributed by atoms with van der Waals surface area (Å²) in [5.74, 6) is -0.348. The molecule has 1 amide bonds. The molecule has 1 aromatic heterocycles. The zero-order valence-corrected chi connectivity index (χ0v) is 10.7. The number of rotatable bonds is 3. The number of amides is 1. The van der Waals surface area contributed by atoms with Crippen molar-refractivity contribution in [2.45, 2.75) is 24.6 Å². The number of carbonyl (C=O) groups excluding carboxylic acids is 1. The lowest BCUT2D eigenvalue weighted by molar-refractivity contribution is -0.129. The normalized spacial score (nSPS) is 23.1. The molecule has 2 atom stereocenters. The van der Waals surface area contributed by atoms with Gasteiger partial charge in [-0.1, -0.05) is 0 Å². The van der Waals surface area contributed by atoms with E-state index in [2.05, 4.69) is 4.98 Å². The number of hydrogen-bond acceptors (Lipinski definition) is 5. The van der Waals surface area contributed by atoms with Gasteiger partial charge >= 0.3 is 10.2 Å². The number of halogens is 1. The Hall–Kier alpha value is -1.02. The molecule has 0 radical (unpaired) electrons. The summed E-state index contributed by atoms with van der Waals surface area (Å²) in [7, 11) is -4.65. The molecule has 8 heteroatoms. The summed E-state index contributed by atoms with van der Waals surface area (Å²) in [4.78, 5) is 17.1. The minimum atomic E-state index is -4.65. The molecule has 2 heterocycles. The Kier molecular flexibility index (Phi) is 3.17. The highest BCUT2D eigenvalue weighted by Crippen LogP contribution is 2.29. The van der Waals surface area contributed by atoms with Gasteiger partial charge in [0.25, 0.3) is 0 Å². The van der Waals surface area contributed by atoms with Gasteiger partial charge in [0.15, 0.2) is 0 Å². The van der Waals surface area contributed by atoms with Crippen molar-refractivity contribution in [2.24, 2.45) is 0 Å². The van der Waals surface area contributed by atoms with E-state index < -0.39 is 15.5 Å². The third-order valence-electron chi connectivity index (χ3n) is 2.80.